The molecular formula is C13H18ClNOS. The normalized spacial score (nSPS) is 19.2. The molecular weight excluding hydrogens is 254 g/mol. The van der Waals surface area contributed by atoms with Gasteiger partial charge in [-0.1, -0.05) is 23.7 Å². The van der Waals surface area contributed by atoms with Crippen molar-refractivity contribution in [1.82, 2.24) is 4.90 Å². The average molecular weight is 272 g/mol. The molecule has 94 valence electrons. The third kappa shape index (κ3) is 4.18. The van der Waals surface area contributed by atoms with E-state index in [1.54, 1.807) is 0 Å². The number of halogens is 1. The fraction of sp³-hybridized carbons (Fsp3) is 0.538. The molecule has 0 radical (unpaired) electrons. The number of hydrogen-bond acceptors (Lipinski definition) is 3. The van der Waals surface area contributed by atoms with E-state index in [9.17, 15) is 5.11 Å². The number of rotatable bonds is 4. The Morgan fingerprint density at radius 3 is 2.53 bits per heavy atom. The van der Waals surface area contributed by atoms with E-state index in [4.69, 9.17) is 11.6 Å². The topological polar surface area (TPSA) is 23.5 Å². The van der Waals surface area contributed by atoms with Gasteiger partial charge in [0.2, 0.25) is 0 Å². The van der Waals surface area contributed by atoms with Gasteiger partial charge in [-0.3, -0.25) is 0 Å². The highest BCUT2D eigenvalue weighted by molar-refractivity contribution is 7.99. The van der Waals surface area contributed by atoms with Crippen LogP contribution in [0.25, 0.3) is 0 Å². The third-order valence-corrected chi connectivity index (χ3v) is 4.27. The summed E-state index contributed by atoms with van der Waals surface area (Å²) >= 11 is 7.84. The Kier molecular flexibility index (Phi) is 5.16. The summed E-state index contributed by atoms with van der Waals surface area (Å²) in [6, 6.07) is 7.47. The van der Waals surface area contributed by atoms with E-state index in [0.29, 0.717) is 5.02 Å². The van der Waals surface area contributed by atoms with Gasteiger partial charge in [0.05, 0.1) is 6.10 Å². The Bertz CT molecular complexity index is 338. The fourth-order valence-electron chi connectivity index (χ4n) is 1.98. The van der Waals surface area contributed by atoms with Crippen LogP contribution in [0.15, 0.2) is 24.3 Å². The van der Waals surface area contributed by atoms with Crippen LogP contribution in [0.2, 0.25) is 5.02 Å². The highest BCUT2D eigenvalue weighted by Gasteiger charge is 2.13. The molecule has 2 rings (SSSR count). The highest BCUT2D eigenvalue weighted by atomic mass is 35.5. The van der Waals surface area contributed by atoms with Crippen LogP contribution in [0, 0.1) is 0 Å². The molecule has 0 spiro atoms. The largest absolute Gasteiger partial charge is 0.388 e. The smallest absolute Gasteiger partial charge is 0.0802 e. The van der Waals surface area contributed by atoms with Crippen molar-refractivity contribution in [2.45, 2.75) is 12.5 Å². The maximum atomic E-state index is 10.1. The lowest BCUT2D eigenvalue weighted by molar-refractivity contribution is 0.145. The Hall–Kier alpha value is -0.220. The lowest BCUT2D eigenvalue weighted by atomic mass is 10.1. The minimum atomic E-state index is -0.373. The summed E-state index contributed by atoms with van der Waals surface area (Å²) in [5.41, 5.74) is 0.959. The van der Waals surface area contributed by atoms with Crippen LogP contribution in [0.3, 0.4) is 0 Å². The summed E-state index contributed by atoms with van der Waals surface area (Å²) in [5.74, 6) is 2.44. The maximum absolute atomic E-state index is 10.1. The Morgan fingerprint density at radius 1 is 1.24 bits per heavy atom. The van der Waals surface area contributed by atoms with Crippen LogP contribution in [0.4, 0.5) is 0 Å². The first kappa shape index (κ1) is 13.2. The summed E-state index contributed by atoms with van der Waals surface area (Å²) < 4.78 is 0. The van der Waals surface area contributed by atoms with Gasteiger partial charge in [-0.2, -0.15) is 11.8 Å². The Labute approximate surface area is 112 Å². The van der Waals surface area contributed by atoms with Gasteiger partial charge in [0.15, 0.2) is 0 Å². The standard InChI is InChI=1S/C13H18ClNOS/c14-12-3-1-11(2-4-12)13(16)5-6-15-7-9-17-10-8-15/h1-4,13,16H,5-10H2. The van der Waals surface area contributed by atoms with Gasteiger partial charge in [0.1, 0.15) is 0 Å². The summed E-state index contributed by atoms with van der Waals surface area (Å²) in [5, 5.41) is 10.8. The summed E-state index contributed by atoms with van der Waals surface area (Å²) in [4.78, 5) is 2.43. The highest BCUT2D eigenvalue weighted by Crippen LogP contribution is 2.20. The van der Waals surface area contributed by atoms with Crippen molar-refractivity contribution in [3.63, 3.8) is 0 Å². The van der Waals surface area contributed by atoms with E-state index in [2.05, 4.69) is 4.90 Å². The van der Waals surface area contributed by atoms with Gasteiger partial charge in [-0.05, 0) is 24.1 Å². The molecule has 0 aromatic heterocycles. The van der Waals surface area contributed by atoms with Gasteiger partial charge in [-0.15, -0.1) is 0 Å². The number of hydrogen-bond donors (Lipinski definition) is 1. The van der Waals surface area contributed by atoms with Crippen LogP contribution in [0.1, 0.15) is 18.1 Å². The molecule has 1 N–H and O–H groups in total. The maximum Gasteiger partial charge on any atom is 0.0802 e. The monoisotopic (exact) mass is 271 g/mol. The average Bonchev–Trinajstić information content (AvgIpc) is 2.38. The first-order valence-corrected chi connectivity index (χ1v) is 7.52. The molecule has 1 aromatic carbocycles. The molecule has 1 heterocycles. The first-order chi connectivity index (χ1) is 8.25. The van der Waals surface area contributed by atoms with Crippen LogP contribution < -0.4 is 0 Å². The van der Waals surface area contributed by atoms with E-state index >= 15 is 0 Å². The van der Waals surface area contributed by atoms with Crippen LogP contribution in [-0.2, 0) is 0 Å². The zero-order chi connectivity index (χ0) is 12.1. The van der Waals surface area contributed by atoms with E-state index in [1.807, 2.05) is 36.0 Å². The molecule has 1 atom stereocenters. The Balaban J connectivity index is 1.80. The minimum absolute atomic E-state index is 0.373. The third-order valence-electron chi connectivity index (χ3n) is 3.08. The zero-order valence-corrected chi connectivity index (χ0v) is 11.4. The molecule has 0 amide bonds. The molecule has 1 aliphatic rings. The molecule has 1 aliphatic heterocycles. The van der Waals surface area contributed by atoms with Crippen molar-refractivity contribution in [2.75, 3.05) is 31.1 Å². The number of benzene rings is 1. The number of nitrogens with zero attached hydrogens (tertiary/aromatic N) is 1. The molecule has 2 nitrogen and oxygen atoms in total. The zero-order valence-electron chi connectivity index (χ0n) is 9.81. The van der Waals surface area contributed by atoms with Gasteiger partial charge in [0, 0.05) is 36.2 Å². The lowest BCUT2D eigenvalue weighted by Crippen LogP contribution is -2.33. The van der Waals surface area contributed by atoms with E-state index in [-0.39, 0.29) is 6.10 Å². The van der Waals surface area contributed by atoms with Crippen LogP contribution >= 0.6 is 23.4 Å². The molecule has 1 fully saturated rings. The number of aliphatic hydroxyl groups excluding tert-OH is 1. The second-order valence-corrected chi connectivity index (χ2v) is 5.97. The van der Waals surface area contributed by atoms with Crippen molar-refractivity contribution >= 4 is 23.4 Å². The first-order valence-electron chi connectivity index (χ1n) is 5.99. The molecule has 1 saturated heterocycles. The quantitative estimate of drug-likeness (QED) is 0.911. The van der Waals surface area contributed by atoms with E-state index in [1.165, 1.54) is 11.5 Å². The van der Waals surface area contributed by atoms with Gasteiger partial charge < -0.3 is 10.0 Å². The van der Waals surface area contributed by atoms with Crippen molar-refractivity contribution in [1.29, 1.82) is 0 Å². The van der Waals surface area contributed by atoms with Crippen LogP contribution in [-0.4, -0.2) is 41.1 Å². The summed E-state index contributed by atoms with van der Waals surface area (Å²) in [6.45, 7) is 3.28. The number of aliphatic hydroxyl groups is 1. The molecule has 17 heavy (non-hydrogen) atoms. The van der Waals surface area contributed by atoms with Crippen molar-refractivity contribution in [3.05, 3.63) is 34.9 Å². The predicted molar refractivity (Wildman–Crippen MR) is 74.8 cm³/mol. The molecule has 4 heteroatoms. The molecule has 1 aromatic rings. The van der Waals surface area contributed by atoms with Crippen molar-refractivity contribution in [2.24, 2.45) is 0 Å². The SMILES string of the molecule is OC(CCN1CCSCC1)c1ccc(Cl)cc1. The fourth-order valence-corrected chi connectivity index (χ4v) is 3.09. The summed E-state index contributed by atoms with van der Waals surface area (Å²) in [7, 11) is 0. The number of thioether (sulfide) groups is 1. The van der Waals surface area contributed by atoms with Crippen molar-refractivity contribution < 1.29 is 5.11 Å². The second kappa shape index (κ2) is 6.64. The molecule has 0 aliphatic carbocycles. The Morgan fingerprint density at radius 2 is 1.88 bits per heavy atom. The summed E-state index contributed by atoms with van der Waals surface area (Å²) in [6.07, 6.45) is 0.425. The van der Waals surface area contributed by atoms with Crippen molar-refractivity contribution in [3.8, 4) is 0 Å². The molecule has 1 unspecified atom stereocenters. The lowest BCUT2D eigenvalue weighted by Gasteiger charge is -2.27. The van der Waals surface area contributed by atoms with Crippen LogP contribution in [0.5, 0.6) is 0 Å². The van der Waals surface area contributed by atoms with Gasteiger partial charge in [-0.25, -0.2) is 0 Å². The van der Waals surface area contributed by atoms with Gasteiger partial charge >= 0.3 is 0 Å². The van der Waals surface area contributed by atoms with E-state index in [0.717, 1.165) is 31.6 Å². The molecule has 0 saturated carbocycles. The molecule has 0 bridgehead atoms. The van der Waals surface area contributed by atoms with E-state index < -0.39 is 0 Å². The minimum Gasteiger partial charge on any atom is -0.388 e. The van der Waals surface area contributed by atoms with Gasteiger partial charge in [0.25, 0.3) is 0 Å². The second-order valence-electron chi connectivity index (χ2n) is 4.31. The predicted octanol–water partition coefficient (Wildman–Crippen LogP) is 2.81.